The summed E-state index contributed by atoms with van der Waals surface area (Å²) in [5.41, 5.74) is 1.41. The molecule has 0 aliphatic rings. The van der Waals surface area contributed by atoms with E-state index in [1.54, 1.807) is 31.2 Å². The van der Waals surface area contributed by atoms with E-state index in [9.17, 15) is 13.2 Å². The molecule has 0 saturated carbocycles. The fraction of sp³-hybridized carbons (Fsp3) is 0.357. The number of hydrogen-bond donors (Lipinski definition) is 1. The van der Waals surface area contributed by atoms with Crippen LogP contribution in [0, 0.1) is 6.92 Å². The molecule has 0 aliphatic carbocycles. The number of anilines is 1. The molecule has 0 unspecified atom stereocenters. The Morgan fingerprint density at radius 1 is 1.50 bits per heavy atom. The van der Waals surface area contributed by atoms with E-state index in [1.165, 1.54) is 0 Å². The summed E-state index contributed by atoms with van der Waals surface area (Å²) in [5.74, 6) is -0.364. The van der Waals surface area contributed by atoms with Crippen LogP contribution in [-0.4, -0.2) is 33.2 Å². The van der Waals surface area contributed by atoms with Crippen molar-refractivity contribution in [2.45, 2.75) is 19.9 Å². The zero-order valence-electron chi connectivity index (χ0n) is 12.0. The second-order valence-corrected chi connectivity index (χ2v) is 6.47. The van der Waals surface area contributed by atoms with Gasteiger partial charge in [0.25, 0.3) is 0 Å². The summed E-state index contributed by atoms with van der Waals surface area (Å²) in [5, 5.41) is 2.61. The molecular weight excluding hydrogens is 276 g/mol. The van der Waals surface area contributed by atoms with Crippen molar-refractivity contribution in [3.63, 3.8) is 0 Å². The van der Waals surface area contributed by atoms with Crippen molar-refractivity contribution in [2.24, 2.45) is 0 Å². The lowest BCUT2D eigenvalue weighted by Gasteiger charge is -2.28. The van der Waals surface area contributed by atoms with E-state index in [4.69, 9.17) is 0 Å². The minimum Gasteiger partial charge on any atom is -0.351 e. The van der Waals surface area contributed by atoms with Gasteiger partial charge in [0, 0.05) is 6.54 Å². The van der Waals surface area contributed by atoms with Gasteiger partial charge in [-0.2, -0.15) is 0 Å². The number of rotatable bonds is 6. The van der Waals surface area contributed by atoms with Gasteiger partial charge < -0.3 is 5.32 Å². The standard InChI is InChI=1S/C14H20N2O3S/c1-5-9-15-14(17)12(3)16(20(4,18)19)13-8-6-7-11(2)10-13/h5-8,10,12H,1,9H2,2-4H3,(H,15,17)/t12-/m1/s1. The molecule has 1 aromatic carbocycles. The van der Waals surface area contributed by atoms with Crippen molar-refractivity contribution in [3.8, 4) is 0 Å². The third-order valence-corrected chi connectivity index (χ3v) is 4.01. The molecule has 0 saturated heterocycles. The molecule has 1 aromatic rings. The Morgan fingerprint density at radius 3 is 2.65 bits per heavy atom. The molecule has 1 N–H and O–H groups in total. The molecule has 0 aromatic heterocycles. The largest absolute Gasteiger partial charge is 0.351 e. The lowest BCUT2D eigenvalue weighted by Crippen LogP contribution is -2.47. The van der Waals surface area contributed by atoms with E-state index in [-0.39, 0.29) is 5.91 Å². The maximum absolute atomic E-state index is 12.0. The lowest BCUT2D eigenvalue weighted by atomic mass is 10.2. The smallest absolute Gasteiger partial charge is 0.243 e. The number of nitrogens with one attached hydrogen (secondary N) is 1. The average molecular weight is 296 g/mol. The number of sulfonamides is 1. The lowest BCUT2D eigenvalue weighted by molar-refractivity contribution is -0.121. The van der Waals surface area contributed by atoms with Gasteiger partial charge in [0.05, 0.1) is 11.9 Å². The Morgan fingerprint density at radius 2 is 2.15 bits per heavy atom. The van der Waals surface area contributed by atoms with Crippen LogP contribution in [0.2, 0.25) is 0 Å². The Balaban J connectivity index is 3.14. The highest BCUT2D eigenvalue weighted by atomic mass is 32.2. The molecule has 5 nitrogen and oxygen atoms in total. The maximum Gasteiger partial charge on any atom is 0.243 e. The highest BCUT2D eigenvalue weighted by Crippen LogP contribution is 2.21. The van der Waals surface area contributed by atoms with Crippen LogP contribution in [-0.2, 0) is 14.8 Å². The number of benzene rings is 1. The Hall–Kier alpha value is -1.82. The Labute approximate surface area is 120 Å². The molecular formula is C14H20N2O3S. The van der Waals surface area contributed by atoms with Gasteiger partial charge >= 0.3 is 0 Å². The molecule has 0 radical (unpaired) electrons. The maximum atomic E-state index is 12.0. The molecule has 1 amide bonds. The zero-order valence-corrected chi connectivity index (χ0v) is 12.8. The van der Waals surface area contributed by atoms with Gasteiger partial charge in [-0.05, 0) is 31.5 Å². The molecule has 110 valence electrons. The molecule has 0 heterocycles. The van der Waals surface area contributed by atoms with E-state index in [0.29, 0.717) is 12.2 Å². The Kier molecular flexibility index (Phi) is 5.33. The third-order valence-electron chi connectivity index (χ3n) is 2.77. The normalized spacial score (nSPS) is 12.6. The van der Waals surface area contributed by atoms with E-state index >= 15 is 0 Å². The number of hydrogen-bond acceptors (Lipinski definition) is 3. The number of amides is 1. The fourth-order valence-electron chi connectivity index (χ4n) is 1.89. The number of aryl methyl sites for hydroxylation is 1. The number of carbonyl (C=O) groups is 1. The first-order valence-corrected chi connectivity index (χ1v) is 8.07. The highest BCUT2D eigenvalue weighted by Gasteiger charge is 2.28. The van der Waals surface area contributed by atoms with Gasteiger partial charge in [-0.15, -0.1) is 6.58 Å². The summed E-state index contributed by atoms with van der Waals surface area (Å²) in [6, 6.07) is 6.21. The first-order valence-electron chi connectivity index (χ1n) is 6.22. The second-order valence-electron chi connectivity index (χ2n) is 4.61. The van der Waals surface area contributed by atoms with E-state index in [1.807, 2.05) is 13.0 Å². The van der Waals surface area contributed by atoms with Crippen molar-refractivity contribution in [1.29, 1.82) is 0 Å². The number of carbonyl (C=O) groups excluding carboxylic acids is 1. The summed E-state index contributed by atoms with van der Waals surface area (Å²) in [6.45, 7) is 7.23. The van der Waals surface area contributed by atoms with E-state index in [2.05, 4.69) is 11.9 Å². The van der Waals surface area contributed by atoms with Crippen LogP contribution in [0.4, 0.5) is 5.69 Å². The van der Waals surface area contributed by atoms with Crippen molar-refractivity contribution >= 4 is 21.6 Å². The van der Waals surface area contributed by atoms with Gasteiger partial charge in [-0.1, -0.05) is 18.2 Å². The van der Waals surface area contributed by atoms with Crippen molar-refractivity contribution in [1.82, 2.24) is 5.32 Å². The van der Waals surface area contributed by atoms with Crippen LogP contribution in [0.1, 0.15) is 12.5 Å². The molecule has 0 aliphatic heterocycles. The van der Waals surface area contributed by atoms with Crippen LogP contribution in [0.5, 0.6) is 0 Å². The molecule has 1 rings (SSSR count). The molecule has 0 bridgehead atoms. The first kappa shape index (κ1) is 16.2. The molecule has 0 fully saturated rings. The van der Waals surface area contributed by atoms with Crippen LogP contribution in [0.15, 0.2) is 36.9 Å². The van der Waals surface area contributed by atoms with E-state index in [0.717, 1.165) is 16.1 Å². The fourth-order valence-corrected chi connectivity index (χ4v) is 3.06. The van der Waals surface area contributed by atoms with Gasteiger partial charge in [0.2, 0.25) is 15.9 Å². The van der Waals surface area contributed by atoms with Crippen LogP contribution in [0.25, 0.3) is 0 Å². The highest BCUT2D eigenvalue weighted by molar-refractivity contribution is 7.92. The predicted molar refractivity (Wildman–Crippen MR) is 81.2 cm³/mol. The van der Waals surface area contributed by atoms with Gasteiger partial charge in [0.15, 0.2) is 0 Å². The minimum absolute atomic E-state index is 0.300. The zero-order chi connectivity index (χ0) is 15.3. The molecule has 1 atom stereocenters. The van der Waals surface area contributed by atoms with Gasteiger partial charge in [-0.3, -0.25) is 9.10 Å². The summed E-state index contributed by atoms with van der Waals surface area (Å²) in [4.78, 5) is 12.0. The molecule has 20 heavy (non-hydrogen) atoms. The van der Waals surface area contributed by atoms with Crippen LogP contribution < -0.4 is 9.62 Å². The van der Waals surface area contributed by atoms with E-state index < -0.39 is 16.1 Å². The molecule has 0 spiro atoms. The second kappa shape index (κ2) is 6.56. The molecule has 6 heteroatoms. The minimum atomic E-state index is -3.56. The van der Waals surface area contributed by atoms with Crippen molar-refractivity contribution in [2.75, 3.05) is 17.1 Å². The third kappa shape index (κ3) is 4.09. The van der Waals surface area contributed by atoms with Crippen LogP contribution in [0.3, 0.4) is 0 Å². The predicted octanol–water partition coefficient (Wildman–Crippen LogP) is 1.45. The Bertz CT molecular complexity index is 596. The average Bonchev–Trinajstić information content (AvgIpc) is 2.34. The summed E-state index contributed by atoms with van der Waals surface area (Å²) >= 11 is 0. The van der Waals surface area contributed by atoms with Crippen molar-refractivity contribution < 1.29 is 13.2 Å². The monoisotopic (exact) mass is 296 g/mol. The number of nitrogens with zero attached hydrogens (tertiary/aromatic N) is 1. The topological polar surface area (TPSA) is 66.5 Å². The van der Waals surface area contributed by atoms with Crippen molar-refractivity contribution in [3.05, 3.63) is 42.5 Å². The first-order chi connectivity index (χ1) is 9.27. The van der Waals surface area contributed by atoms with Gasteiger partial charge in [0.1, 0.15) is 6.04 Å². The summed E-state index contributed by atoms with van der Waals surface area (Å²) in [7, 11) is -3.56. The summed E-state index contributed by atoms with van der Waals surface area (Å²) in [6.07, 6.45) is 2.63. The summed E-state index contributed by atoms with van der Waals surface area (Å²) < 4.78 is 25.1. The van der Waals surface area contributed by atoms with Crippen LogP contribution >= 0.6 is 0 Å². The SMILES string of the molecule is C=CCNC(=O)[C@@H](C)N(c1cccc(C)c1)S(C)(=O)=O. The van der Waals surface area contributed by atoms with Gasteiger partial charge in [-0.25, -0.2) is 8.42 Å². The quantitative estimate of drug-likeness (QED) is 0.808.